The normalized spacial score (nSPS) is 16.4. The fraction of sp³-hybridized carbons (Fsp3) is 0.375. The molecule has 1 N–H and O–H groups in total. The predicted molar refractivity (Wildman–Crippen MR) is 133 cm³/mol. The lowest BCUT2D eigenvalue weighted by atomic mass is 9.91. The number of rotatable bonds is 5. The number of aromatic nitrogens is 2. The molecule has 2 amide bonds. The summed E-state index contributed by atoms with van der Waals surface area (Å²) in [5.74, 6) is 0.136. The number of non-ortho nitro benzene ring substituents is 1. The third-order valence-electron chi connectivity index (χ3n) is 6.65. The first-order valence-electron chi connectivity index (χ1n) is 11.7. The molecule has 0 bridgehead atoms. The van der Waals surface area contributed by atoms with E-state index in [0.717, 1.165) is 31.6 Å². The van der Waals surface area contributed by atoms with Crippen LogP contribution in [0.25, 0.3) is 5.69 Å². The van der Waals surface area contributed by atoms with Gasteiger partial charge in [0.25, 0.3) is 17.5 Å². The Kier molecular flexibility index (Phi) is 7.70. The quantitative estimate of drug-likeness (QED) is 0.409. The number of halogens is 1. The molecular weight excluding hydrogens is 488 g/mol. The van der Waals surface area contributed by atoms with Crippen LogP contribution in [0.5, 0.6) is 0 Å². The van der Waals surface area contributed by atoms with Gasteiger partial charge in [0.05, 0.1) is 34.3 Å². The minimum absolute atomic E-state index is 0. The van der Waals surface area contributed by atoms with Gasteiger partial charge in [-0.2, -0.15) is 5.10 Å². The second-order valence-corrected chi connectivity index (χ2v) is 8.71. The number of nitro groups is 1. The zero-order valence-electron chi connectivity index (χ0n) is 19.5. The minimum atomic E-state index is -0.439. The number of carbonyl (C=O) groups excluding carboxylic acids is 2. The molecule has 0 radical (unpaired) electrons. The average Bonchev–Trinajstić information content (AvgIpc) is 3.59. The van der Waals surface area contributed by atoms with E-state index in [0.29, 0.717) is 43.2 Å². The number of nitro benzene ring substituents is 1. The van der Waals surface area contributed by atoms with Gasteiger partial charge in [-0.05, 0) is 50.2 Å². The first-order valence-corrected chi connectivity index (χ1v) is 11.7. The Bertz CT molecular complexity index is 1210. The fourth-order valence-electron chi connectivity index (χ4n) is 4.77. The summed E-state index contributed by atoms with van der Waals surface area (Å²) in [6.07, 6.45) is 4.80. The number of nitrogens with one attached hydrogen (secondary N) is 1. The number of furan rings is 1. The summed E-state index contributed by atoms with van der Waals surface area (Å²) in [5.41, 5.74) is 2.06. The molecule has 190 valence electrons. The molecule has 0 atom stereocenters. The maximum absolute atomic E-state index is 13.6. The molecule has 2 aliphatic rings. The number of hydrogen-bond donors (Lipinski definition) is 1. The molecular formula is C24H27ClN6O5. The van der Waals surface area contributed by atoms with E-state index in [2.05, 4.69) is 10.4 Å². The fourth-order valence-corrected chi connectivity index (χ4v) is 4.77. The molecule has 12 heteroatoms. The maximum atomic E-state index is 13.6. The zero-order chi connectivity index (χ0) is 24.4. The van der Waals surface area contributed by atoms with Crippen molar-refractivity contribution in [2.24, 2.45) is 0 Å². The van der Waals surface area contributed by atoms with Crippen molar-refractivity contribution in [2.75, 3.05) is 39.3 Å². The smallest absolute Gasteiger partial charge is 0.289 e. The Morgan fingerprint density at radius 2 is 1.64 bits per heavy atom. The highest BCUT2D eigenvalue weighted by atomic mass is 35.5. The number of amides is 2. The van der Waals surface area contributed by atoms with Gasteiger partial charge in [-0.15, -0.1) is 12.4 Å². The summed E-state index contributed by atoms with van der Waals surface area (Å²) in [5, 5.41) is 18.9. The van der Waals surface area contributed by atoms with Crippen molar-refractivity contribution in [1.29, 1.82) is 0 Å². The van der Waals surface area contributed by atoms with Crippen molar-refractivity contribution in [3.63, 3.8) is 0 Å². The van der Waals surface area contributed by atoms with Gasteiger partial charge in [0.2, 0.25) is 0 Å². The summed E-state index contributed by atoms with van der Waals surface area (Å²) in [7, 11) is 0. The van der Waals surface area contributed by atoms with Gasteiger partial charge in [0, 0.05) is 44.2 Å². The number of carbonyl (C=O) groups is 2. The second kappa shape index (κ2) is 10.9. The van der Waals surface area contributed by atoms with Gasteiger partial charge in [-0.25, -0.2) is 4.68 Å². The van der Waals surface area contributed by atoms with Crippen LogP contribution in [0.4, 0.5) is 5.69 Å². The van der Waals surface area contributed by atoms with Crippen LogP contribution >= 0.6 is 12.4 Å². The topological polar surface area (TPSA) is 127 Å². The van der Waals surface area contributed by atoms with E-state index in [1.54, 1.807) is 44.9 Å². The molecule has 5 rings (SSSR count). The van der Waals surface area contributed by atoms with E-state index in [1.807, 2.05) is 0 Å². The molecule has 0 unspecified atom stereocenters. The first-order chi connectivity index (χ1) is 17.0. The van der Waals surface area contributed by atoms with Crippen LogP contribution in [0.15, 0.2) is 53.3 Å². The lowest BCUT2D eigenvalue weighted by Gasteiger charge is -2.34. The van der Waals surface area contributed by atoms with Crippen molar-refractivity contribution < 1.29 is 18.9 Å². The summed E-state index contributed by atoms with van der Waals surface area (Å²) in [4.78, 5) is 40.2. The standard InChI is InChI=1S/C24H26N6O5.ClH/c31-23(27-11-13-28(14-12-27)24(32)21-2-1-15-35-21)20-16-26-29(22(20)17-7-9-25-10-8-17)18-3-5-19(6-4-18)30(33)34;/h1-6,15-17,25H,7-14H2;1H. The SMILES string of the molecule is Cl.O=C(c1ccco1)N1CCN(C(=O)c2cnn(-c3ccc([N+](=O)[O-])cc3)c2C2CCNCC2)CC1. The van der Waals surface area contributed by atoms with Gasteiger partial charge in [-0.3, -0.25) is 19.7 Å². The summed E-state index contributed by atoms with van der Waals surface area (Å²) >= 11 is 0. The molecule has 2 aliphatic heterocycles. The Hall–Kier alpha value is -3.70. The lowest BCUT2D eigenvalue weighted by Crippen LogP contribution is -2.50. The van der Waals surface area contributed by atoms with Crippen LogP contribution in [-0.4, -0.2) is 75.6 Å². The van der Waals surface area contributed by atoms with E-state index >= 15 is 0 Å². The maximum Gasteiger partial charge on any atom is 0.289 e. The third-order valence-corrected chi connectivity index (χ3v) is 6.65. The van der Waals surface area contributed by atoms with Crippen molar-refractivity contribution in [1.82, 2.24) is 24.9 Å². The Labute approximate surface area is 213 Å². The highest BCUT2D eigenvalue weighted by molar-refractivity contribution is 5.96. The predicted octanol–water partition coefficient (Wildman–Crippen LogP) is 2.86. The molecule has 0 aliphatic carbocycles. The molecule has 1 aromatic carbocycles. The minimum Gasteiger partial charge on any atom is -0.459 e. The van der Waals surface area contributed by atoms with E-state index < -0.39 is 4.92 Å². The van der Waals surface area contributed by atoms with E-state index in [9.17, 15) is 19.7 Å². The van der Waals surface area contributed by atoms with Gasteiger partial charge in [0.15, 0.2) is 5.76 Å². The van der Waals surface area contributed by atoms with Gasteiger partial charge >= 0.3 is 0 Å². The number of piperazine rings is 1. The van der Waals surface area contributed by atoms with E-state index in [-0.39, 0.29) is 35.8 Å². The highest BCUT2D eigenvalue weighted by Crippen LogP contribution is 2.31. The van der Waals surface area contributed by atoms with Gasteiger partial charge in [0.1, 0.15) is 0 Å². The van der Waals surface area contributed by atoms with Crippen LogP contribution < -0.4 is 5.32 Å². The number of hydrogen-bond acceptors (Lipinski definition) is 7. The Balaban J connectivity index is 0.00000304. The number of benzene rings is 1. The van der Waals surface area contributed by atoms with Crippen molar-refractivity contribution in [2.45, 2.75) is 18.8 Å². The number of nitrogens with zero attached hydrogens (tertiary/aromatic N) is 5. The molecule has 0 spiro atoms. The van der Waals surface area contributed by atoms with Crippen LogP contribution in [0.3, 0.4) is 0 Å². The van der Waals surface area contributed by atoms with Crippen molar-refractivity contribution in [3.05, 3.63) is 76.0 Å². The van der Waals surface area contributed by atoms with Gasteiger partial charge < -0.3 is 19.5 Å². The summed E-state index contributed by atoms with van der Waals surface area (Å²) in [6, 6.07) is 9.52. The highest BCUT2D eigenvalue weighted by Gasteiger charge is 2.32. The monoisotopic (exact) mass is 514 g/mol. The molecule has 36 heavy (non-hydrogen) atoms. The lowest BCUT2D eigenvalue weighted by molar-refractivity contribution is -0.384. The summed E-state index contributed by atoms with van der Waals surface area (Å²) in [6.45, 7) is 3.36. The zero-order valence-corrected chi connectivity index (χ0v) is 20.4. The van der Waals surface area contributed by atoms with E-state index in [4.69, 9.17) is 4.42 Å². The van der Waals surface area contributed by atoms with Crippen molar-refractivity contribution >= 4 is 29.9 Å². The molecule has 11 nitrogen and oxygen atoms in total. The third kappa shape index (κ3) is 4.98. The largest absolute Gasteiger partial charge is 0.459 e. The molecule has 2 saturated heterocycles. The van der Waals surface area contributed by atoms with Crippen LogP contribution in [-0.2, 0) is 0 Å². The average molecular weight is 515 g/mol. The molecule has 4 heterocycles. The van der Waals surface area contributed by atoms with Crippen LogP contribution in [0, 0.1) is 10.1 Å². The first kappa shape index (κ1) is 25.4. The van der Waals surface area contributed by atoms with Gasteiger partial charge in [-0.1, -0.05) is 0 Å². The molecule has 2 fully saturated rings. The number of piperidine rings is 1. The van der Waals surface area contributed by atoms with Crippen LogP contribution in [0.1, 0.15) is 45.4 Å². The summed E-state index contributed by atoms with van der Waals surface area (Å²) < 4.78 is 6.95. The Morgan fingerprint density at radius 1 is 1.00 bits per heavy atom. The molecule has 0 saturated carbocycles. The van der Waals surface area contributed by atoms with E-state index in [1.165, 1.54) is 18.4 Å². The second-order valence-electron chi connectivity index (χ2n) is 8.71. The van der Waals surface area contributed by atoms with Crippen LogP contribution in [0.2, 0.25) is 0 Å². The molecule has 2 aromatic heterocycles. The molecule has 3 aromatic rings. The van der Waals surface area contributed by atoms with Crippen molar-refractivity contribution in [3.8, 4) is 5.69 Å². The Morgan fingerprint density at radius 3 is 2.22 bits per heavy atom.